The maximum atomic E-state index is 4.91. The van der Waals surface area contributed by atoms with Crippen LogP contribution in [0.4, 0.5) is 0 Å². The molecule has 0 amide bonds. The first kappa shape index (κ1) is 19.6. The monoisotopic (exact) mass is 452 g/mol. The molecule has 0 aliphatic carbocycles. The Morgan fingerprint density at radius 1 is 0.542 bits per heavy atom. The van der Waals surface area contributed by atoms with Crippen molar-refractivity contribution in [2.75, 3.05) is 0 Å². The zero-order valence-corrected chi connectivity index (χ0v) is 19.2. The van der Waals surface area contributed by atoms with Gasteiger partial charge >= 0.3 is 135 Å². The summed E-state index contributed by atoms with van der Waals surface area (Å²) in [6.45, 7) is -1.46. The minimum atomic E-state index is -1.46. The van der Waals surface area contributed by atoms with Crippen molar-refractivity contribution in [1.29, 1.82) is 0 Å². The van der Waals surface area contributed by atoms with E-state index in [1.807, 2.05) is 0 Å². The van der Waals surface area contributed by atoms with Crippen LogP contribution in [0.15, 0.2) is 91.0 Å². The Kier molecular flexibility index (Phi) is 7.92. The van der Waals surface area contributed by atoms with Gasteiger partial charge in [0, 0.05) is 0 Å². The molecule has 3 rings (SSSR count). The standard InChI is InChI=1S/C19H17Ge.Cl3Si/c20-19(16-10-4-1-5-11-16,17-12-6-2-7-13-17)18-14-8-3-9-15-18;1-4(2)3/h1-15H,20H2;. The van der Waals surface area contributed by atoms with Gasteiger partial charge in [-0.3, -0.25) is 0 Å². The van der Waals surface area contributed by atoms with Gasteiger partial charge in [-0.2, -0.15) is 0 Å². The number of rotatable bonds is 3. The summed E-state index contributed by atoms with van der Waals surface area (Å²) in [7, 11) is 0. The van der Waals surface area contributed by atoms with Crippen molar-refractivity contribution < 1.29 is 0 Å². The van der Waals surface area contributed by atoms with Crippen molar-refractivity contribution in [2.24, 2.45) is 0 Å². The predicted molar refractivity (Wildman–Crippen MR) is 111 cm³/mol. The Labute approximate surface area is 167 Å². The summed E-state index contributed by atoms with van der Waals surface area (Å²) in [6, 6.07) is 32.5. The van der Waals surface area contributed by atoms with Gasteiger partial charge in [-0.05, 0) is 0 Å². The Morgan fingerprint density at radius 2 is 0.750 bits per heavy atom. The van der Waals surface area contributed by atoms with Crippen LogP contribution in [0.5, 0.6) is 0 Å². The van der Waals surface area contributed by atoms with Crippen LogP contribution in [-0.2, 0) is 4.25 Å². The second-order valence-corrected chi connectivity index (χ2v) is 13.0. The predicted octanol–water partition coefficient (Wildman–Crippen LogP) is 5.30. The van der Waals surface area contributed by atoms with Gasteiger partial charge in [0.2, 0.25) is 0 Å². The molecule has 0 atom stereocenters. The van der Waals surface area contributed by atoms with Gasteiger partial charge in [0.25, 0.3) is 0 Å². The van der Waals surface area contributed by atoms with E-state index in [1.165, 1.54) is 16.7 Å². The Bertz CT molecular complexity index is 622. The topological polar surface area (TPSA) is 0 Å². The molecule has 0 unspecified atom stereocenters. The molecule has 0 N–H and O–H groups in total. The molecule has 3 aromatic carbocycles. The molecule has 3 aromatic rings. The average molecular weight is 452 g/mol. The number of halogens is 3. The van der Waals surface area contributed by atoms with E-state index in [0.29, 0.717) is 0 Å². The van der Waals surface area contributed by atoms with Gasteiger partial charge in [0.1, 0.15) is 0 Å². The molecule has 0 bridgehead atoms. The number of hydrogen-bond acceptors (Lipinski definition) is 0. The first-order chi connectivity index (χ1) is 11.5. The molecule has 0 saturated carbocycles. The molecule has 5 heteroatoms. The molecule has 2 radical (unpaired) electrons. The van der Waals surface area contributed by atoms with Crippen LogP contribution in [0.1, 0.15) is 16.7 Å². The molecule has 0 nitrogen and oxygen atoms in total. The average Bonchev–Trinajstić information content (AvgIpc) is 2.63. The Hall–Kier alpha value is -0.710. The van der Waals surface area contributed by atoms with E-state index in [2.05, 4.69) is 91.0 Å². The van der Waals surface area contributed by atoms with Crippen molar-refractivity contribution in [3.63, 3.8) is 0 Å². The van der Waals surface area contributed by atoms with E-state index in [9.17, 15) is 0 Å². The van der Waals surface area contributed by atoms with Crippen molar-refractivity contribution in [3.05, 3.63) is 108 Å². The first-order valence-corrected chi connectivity index (χ1v) is 13.4. The number of benzene rings is 3. The van der Waals surface area contributed by atoms with Crippen LogP contribution in [0, 0.1) is 0 Å². The van der Waals surface area contributed by atoms with Crippen LogP contribution in [0.25, 0.3) is 0 Å². The maximum absolute atomic E-state index is 4.91. The second-order valence-electron chi connectivity index (χ2n) is 5.22. The minimum absolute atomic E-state index is 0.00375. The molecule has 0 aromatic heterocycles. The summed E-state index contributed by atoms with van der Waals surface area (Å²) >= 11 is 15.9. The molecule has 0 fully saturated rings. The molecular formula is C19H17Cl3GeSi. The van der Waals surface area contributed by atoms with Crippen LogP contribution in [-0.4, -0.2) is 23.2 Å². The van der Waals surface area contributed by atoms with E-state index < -0.39 is 6.73 Å². The Morgan fingerprint density at radius 3 is 0.958 bits per heavy atom. The fourth-order valence-electron chi connectivity index (χ4n) is 2.67. The summed E-state index contributed by atoms with van der Waals surface area (Å²) in [5.74, 6) is 0. The molecule has 0 saturated heterocycles. The summed E-state index contributed by atoms with van der Waals surface area (Å²) in [5.41, 5.74) is 4.12. The summed E-state index contributed by atoms with van der Waals surface area (Å²) in [4.78, 5) is 0. The van der Waals surface area contributed by atoms with Crippen LogP contribution in [0.2, 0.25) is 0 Å². The van der Waals surface area contributed by atoms with E-state index in [4.69, 9.17) is 33.2 Å². The quantitative estimate of drug-likeness (QED) is 0.288. The van der Waals surface area contributed by atoms with E-state index in [0.717, 1.165) is 16.5 Å². The second kappa shape index (κ2) is 9.69. The van der Waals surface area contributed by atoms with E-state index in [1.54, 1.807) is 0 Å². The zero-order chi connectivity index (χ0) is 17.4. The van der Waals surface area contributed by atoms with Crippen molar-refractivity contribution in [1.82, 2.24) is 0 Å². The summed E-state index contributed by atoms with van der Waals surface area (Å²) < 4.78 is 0.00375. The molecule has 0 heterocycles. The van der Waals surface area contributed by atoms with Gasteiger partial charge in [0.05, 0.1) is 0 Å². The van der Waals surface area contributed by atoms with Crippen LogP contribution in [0.3, 0.4) is 0 Å². The first-order valence-electron chi connectivity index (χ1n) is 7.40. The Balaban J connectivity index is 0.000000471. The van der Waals surface area contributed by atoms with E-state index in [-0.39, 0.29) is 4.25 Å². The SMILES string of the molecule is Cl[Si](Cl)Cl.[GeH2][C](c1ccccc1)(c1ccccc1)c1ccccc1. The third-order valence-corrected chi connectivity index (χ3v) is 6.37. The van der Waals surface area contributed by atoms with Gasteiger partial charge < -0.3 is 0 Å². The fraction of sp³-hybridized carbons (Fsp3) is 0.0526. The molecule has 0 aliphatic heterocycles. The molecule has 24 heavy (non-hydrogen) atoms. The van der Waals surface area contributed by atoms with Gasteiger partial charge in [-0.15, -0.1) is 33.2 Å². The van der Waals surface area contributed by atoms with Gasteiger partial charge in [-0.1, -0.05) is 0 Å². The third-order valence-electron chi connectivity index (χ3n) is 3.80. The van der Waals surface area contributed by atoms with Crippen molar-refractivity contribution in [2.45, 2.75) is 4.25 Å². The number of hydrogen-bond donors (Lipinski definition) is 0. The normalized spacial score (nSPS) is 10.9. The van der Waals surface area contributed by atoms with Crippen molar-refractivity contribution >= 4 is 56.5 Å². The third kappa shape index (κ3) is 5.14. The van der Waals surface area contributed by atoms with E-state index >= 15 is 0 Å². The van der Waals surface area contributed by atoms with Gasteiger partial charge in [0.15, 0.2) is 0 Å². The molecular weight excluding hydrogens is 435 g/mol. The summed E-state index contributed by atoms with van der Waals surface area (Å²) in [5, 5.41) is 0. The van der Waals surface area contributed by atoms with Crippen LogP contribution < -0.4 is 0 Å². The zero-order valence-electron chi connectivity index (χ0n) is 13.0. The summed E-state index contributed by atoms with van der Waals surface area (Å²) in [6.07, 6.45) is 0. The van der Waals surface area contributed by atoms with Crippen LogP contribution >= 0.6 is 33.2 Å². The molecule has 122 valence electrons. The van der Waals surface area contributed by atoms with Gasteiger partial charge in [-0.25, -0.2) is 0 Å². The molecule has 0 spiro atoms. The van der Waals surface area contributed by atoms with Crippen molar-refractivity contribution in [3.8, 4) is 0 Å². The fourth-order valence-corrected chi connectivity index (χ4v) is 4.15. The molecule has 0 aliphatic rings.